The lowest BCUT2D eigenvalue weighted by Gasteiger charge is -2.28. The van der Waals surface area contributed by atoms with E-state index in [0.717, 1.165) is 45.3 Å². The zero-order valence-electron chi connectivity index (χ0n) is 12.8. The highest BCUT2D eigenvalue weighted by atomic mass is 32.2. The monoisotopic (exact) mass is 301 g/mol. The number of hydrogen-bond acceptors (Lipinski definition) is 5. The van der Waals surface area contributed by atoms with Gasteiger partial charge in [0.05, 0.1) is 13.2 Å². The highest BCUT2D eigenvalue weighted by molar-refractivity contribution is 8.00. The van der Waals surface area contributed by atoms with Gasteiger partial charge in [-0.05, 0) is 45.6 Å². The fourth-order valence-electron chi connectivity index (χ4n) is 3.23. The second-order valence-corrected chi connectivity index (χ2v) is 7.45. The molecule has 0 aromatic rings. The van der Waals surface area contributed by atoms with Crippen LogP contribution in [0.3, 0.4) is 0 Å². The SMILES string of the molecule is CCCNC1(C(=O)OC)CCC(SC2CCOC2C)C1. The van der Waals surface area contributed by atoms with Crippen LogP contribution in [0.25, 0.3) is 0 Å². The van der Waals surface area contributed by atoms with Gasteiger partial charge < -0.3 is 14.8 Å². The smallest absolute Gasteiger partial charge is 0.326 e. The van der Waals surface area contributed by atoms with Crippen molar-refractivity contribution in [2.45, 2.75) is 68.1 Å². The molecular formula is C15H27NO3S. The molecule has 0 radical (unpaired) electrons. The predicted molar refractivity (Wildman–Crippen MR) is 82.1 cm³/mol. The minimum Gasteiger partial charge on any atom is -0.468 e. The number of methoxy groups -OCH3 is 1. The maximum absolute atomic E-state index is 12.2. The Morgan fingerprint density at radius 1 is 1.50 bits per heavy atom. The summed E-state index contributed by atoms with van der Waals surface area (Å²) in [5.41, 5.74) is -0.453. The van der Waals surface area contributed by atoms with E-state index in [1.807, 2.05) is 11.8 Å². The molecule has 0 aromatic heterocycles. The summed E-state index contributed by atoms with van der Waals surface area (Å²) in [6.07, 6.45) is 5.36. The van der Waals surface area contributed by atoms with E-state index >= 15 is 0 Å². The molecule has 2 rings (SSSR count). The lowest BCUT2D eigenvalue weighted by Crippen LogP contribution is -2.51. The van der Waals surface area contributed by atoms with Gasteiger partial charge in [0, 0.05) is 17.1 Å². The third-order valence-corrected chi connectivity index (χ3v) is 6.19. The maximum Gasteiger partial charge on any atom is 0.326 e. The minimum atomic E-state index is -0.453. The van der Waals surface area contributed by atoms with E-state index < -0.39 is 5.54 Å². The van der Waals surface area contributed by atoms with Crippen molar-refractivity contribution < 1.29 is 14.3 Å². The third-order valence-electron chi connectivity index (χ3n) is 4.43. The molecule has 0 bridgehead atoms. The quantitative estimate of drug-likeness (QED) is 0.763. The molecule has 1 saturated carbocycles. The van der Waals surface area contributed by atoms with Crippen LogP contribution in [0.2, 0.25) is 0 Å². The van der Waals surface area contributed by atoms with Crippen molar-refractivity contribution >= 4 is 17.7 Å². The first-order valence-electron chi connectivity index (χ1n) is 7.72. The van der Waals surface area contributed by atoms with E-state index in [1.54, 1.807) is 0 Å². The number of rotatable bonds is 6. The van der Waals surface area contributed by atoms with Crippen LogP contribution in [0.5, 0.6) is 0 Å². The van der Waals surface area contributed by atoms with Crippen LogP contribution in [0.1, 0.15) is 46.0 Å². The molecular weight excluding hydrogens is 274 g/mol. The summed E-state index contributed by atoms with van der Waals surface area (Å²) in [6.45, 7) is 6.02. The van der Waals surface area contributed by atoms with Crippen LogP contribution in [0, 0.1) is 0 Å². The molecule has 1 aliphatic carbocycles. The molecule has 2 aliphatic rings. The number of thioether (sulfide) groups is 1. The van der Waals surface area contributed by atoms with Crippen LogP contribution < -0.4 is 5.32 Å². The van der Waals surface area contributed by atoms with Crippen LogP contribution in [-0.2, 0) is 14.3 Å². The number of ether oxygens (including phenoxy) is 2. The average Bonchev–Trinajstić information content (AvgIpc) is 3.04. The van der Waals surface area contributed by atoms with Gasteiger partial charge in [-0.15, -0.1) is 0 Å². The third kappa shape index (κ3) is 3.49. The van der Waals surface area contributed by atoms with Gasteiger partial charge in [-0.3, -0.25) is 4.79 Å². The van der Waals surface area contributed by atoms with Gasteiger partial charge in [-0.25, -0.2) is 0 Å². The molecule has 0 aromatic carbocycles. The van der Waals surface area contributed by atoms with Crippen LogP contribution >= 0.6 is 11.8 Å². The molecule has 0 amide bonds. The van der Waals surface area contributed by atoms with E-state index in [1.165, 1.54) is 7.11 Å². The molecule has 2 fully saturated rings. The Hall–Kier alpha value is -0.260. The van der Waals surface area contributed by atoms with Crippen LogP contribution in [0.4, 0.5) is 0 Å². The molecule has 20 heavy (non-hydrogen) atoms. The zero-order valence-corrected chi connectivity index (χ0v) is 13.6. The van der Waals surface area contributed by atoms with Gasteiger partial charge in [0.25, 0.3) is 0 Å². The molecule has 4 atom stereocenters. The van der Waals surface area contributed by atoms with Gasteiger partial charge in [-0.2, -0.15) is 11.8 Å². The molecule has 1 saturated heterocycles. The summed E-state index contributed by atoms with van der Waals surface area (Å²) < 4.78 is 10.7. The van der Waals surface area contributed by atoms with Crippen molar-refractivity contribution in [1.29, 1.82) is 0 Å². The number of esters is 1. The lowest BCUT2D eigenvalue weighted by atomic mass is 9.97. The fraction of sp³-hybridized carbons (Fsp3) is 0.933. The predicted octanol–water partition coefficient (Wildman–Crippen LogP) is 2.36. The summed E-state index contributed by atoms with van der Waals surface area (Å²) in [4.78, 5) is 12.2. The summed E-state index contributed by atoms with van der Waals surface area (Å²) >= 11 is 2.01. The van der Waals surface area contributed by atoms with E-state index in [4.69, 9.17) is 9.47 Å². The summed E-state index contributed by atoms with van der Waals surface area (Å²) in [5, 5.41) is 4.56. The average molecular weight is 301 g/mol. The number of hydrogen-bond donors (Lipinski definition) is 1. The van der Waals surface area contributed by atoms with Crippen molar-refractivity contribution in [3.8, 4) is 0 Å². The Morgan fingerprint density at radius 2 is 2.30 bits per heavy atom. The molecule has 4 unspecified atom stereocenters. The highest BCUT2D eigenvalue weighted by Gasteiger charge is 2.47. The van der Waals surface area contributed by atoms with E-state index in [-0.39, 0.29) is 5.97 Å². The Kier molecular flexibility index (Phi) is 5.75. The van der Waals surface area contributed by atoms with E-state index in [2.05, 4.69) is 19.2 Å². The van der Waals surface area contributed by atoms with Crippen molar-refractivity contribution in [2.24, 2.45) is 0 Å². The first kappa shape index (κ1) is 16.1. The van der Waals surface area contributed by atoms with Gasteiger partial charge in [0.1, 0.15) is 5.54 Å². The summed E-state index contributed by atoms with van der Waals surface area (Å²) in [6, 6.07) is 0. The van der Waals surface area contributed by atoms with Crippen molar-refractivity contribution in [3.63, 3.8) is 0 Å². The van der Waals surface area contributed by atoms with Crippen molar-refractivity contribution in [1.82, 2.24) is 5.32 Å². The summed E-state index contributed by atoms with van der Waals surface area (Å²) in [7, 11) is 1.49. The molecule has 1 aliphatic heterocycles. The molecule has 1 N–H and O–H groups in total. The second kappa shape index (κ2) is 7.14. The largest absolute Gasteiger partial charge is 0.468 e. The summed E-state index contributed by atoms with van der Waals surface area (Å²) in [5.74, 6) is -0.0928. The topological polar surface area (TPSA) is 47.6 Å². The molecule has 1 heterocycles. The zero-order chi connectivity index (χ0) is 14.6. The first-order chi connectivity index (χ1) is 9.61. The Bertz CT molecular complexity index is 339. The maximum atomic E-state index is 12.2. The minimum absolute atomic E-state index is 0.0928. The normalized spacial score (nSPS) is 37.2. The van der Waals surface area contributed by atoms with Crippen molar-refractivity contribution in [3.05, 3.63) is 0 Å². The molecule has 0 spiro atoms. The number of carbonyl (C=O) groups is 1. The van der Waals surface area contributed by atoms with E-state index in [9.17, 15) is 4.79 Å². The van der Waals surface area contributed by atoms with Crippen LogP contribution in [-0.4, -0.2) is 48.4 Å². The van der Waals surface area contributed by atoms with Gasteiger partial charge in [-0.1, -0.05) is 6.92 Å². The van der Waals surface area contributed by atoms with Gasteiger partial charge >= 0.3 is 5.97 Å². The lowest BCUT2D eigenvalue weighted by molar-refractivity contribution is -0.148. The van der Waals surface area contributed by atoms with Crippen molar-refractivity contribution in [2.75, 3.05) is 20.3 Å². The van der Waals surface area contributed by atoms with Crippen LogP contribution in [0.15, 0.2) is 0 Å². The Balaban J connectivity index is 1.94. The Labute approximate surface area is 126 Å². The van der Waals surface area contributed by atoms with Gasteiger partial charge in [0.15, 0.2) is 0 Å². The van der Waals surface area contributed by atoms with Gasteiger partial charge in [0.2, 0.25) is 0 Å². The molecule has 5 heteroatoms. The highest BCUT2D eigenvalue weighted by Crippen LogP contribution is 2.42. The van der Waals surface area contributed by atoms with E-state index in [0.29, 0.717) is 16.6 Å². The number of carbonyl (C=O) groups excluding carboxylic acids is 1. The molecule has 4 nitrogen and oxygen atoms in total. The Morgan fingerprint density at radius 3 is 2.90 bits per heavy atom. The standard InChI is InChI=1S/C15H27NO3S/c1-4-8-16-15(14(17)18-3)7-5-12(10-15)20-13-6-9-19-11(13)2/h11-13,16H,4-10H2,1-3H3. The number of nitrogens with one attached hydrogen (secondary N) is 1. The second-order valence-electron chi connectivity index (χ2n) is 5.90. The first-order valence-corrected chi connectivity index (χ1v) is 8.66. The fourth-order valence-corrected chi connectivity index (χ4v) is 4.89. The molecule has 116 valence electrons.